The number of carbonyl (C=O) groups is 1. The standard InChI is InChI=1S/C12H11FN2O2/c1-7-11(6-14-15(7)2)10-5-8(13)3-4-9(10)12(16)17/h3-6H,1-2H3,(H,16,17). The van der Waals surface area contributed by atoms with Gasteiger partial charge in [-0.2, -0.15) is 5.10 Å². The number of carboxylic acids is 1. The fourth-order valence-corrected chi connectivity index (χ4v) is 1.69. The third kappa shape index (κ3) is 1.91. The highest BCUT2D eigenvalue weighted by Crippen LogP contribution is 2.27. The van der Waals surface area contributed by atoms with E-state index in [1.165, 1.54) is 18.3 Å². The number of halogens is 1. The fraction of sp³-hybridized carbons (Fsp3) is 0.167. The van der Waals surface area contributed by atoms with Gasteiger partial charge >= 0.3 is 5.97 Å². The number of carboxylic acid groups (broad SMARTS) is 1. The lowest BCUT2D eigenvalue weighted by molar-refractivity contribution is 0.0697. The molecular formula is C12H11FN2O2. The van der Waals surface area contributed by atoms with E-state index in [0.717, 1.165) is 11.8 Å². The van der Waals surface area contributed by atoms with Gasteiger partial charge in [0.25, 0.3) is 0 Å². The molecule has 0 aliphatic rings. The van der Waals surface area contributed by atoms with Crippen molar-refractivity contribution in [2.75, 3.05) is 0 Å². The molecule has 0 aliphatic carbocycles. The summed E-state index contributed by atoms with van der Waals surface area (Å²) >= 11 is 0. The molecule has 0 bridgehead atoms. The smallest absolute Gasteiger partial charge is 0.336 e. The first-order chi connectivity index (χ1) is 8.00. The van der Waals surface area contributed by atoms with E-state index in [-0.39, 0.29) is 5.56 Å². The van der Waals surface area contributed by atoms with Crippen LogP contribution in [0.4, 0.5) is 4.39 Å². The molecule has 4 nitrogen and oxygen atoms in total. The van der Waals surface area contributed by atoms with Crippen LogP contribution >= 0.6 is 0 Å². The lowest BCUT2D eigenvalue weighted by atomic mass is 10.0. The molecule has 17 heavy (non-hydrogen) atoms. The van der Waals surface area contributed by atoms with Gasteiger partial charge in [-0.05, 0) is 25.1 Å². The fourth-order valence-electron chi connectivity index (χ4n) is 1.69. The molecule has 1 N–H and O–H groups in total. The Morgan fingerprint density at radius 1 is 1.41 bits per heavy atom. The van der Waals surface area contributed by atoms with E-state index in [1.807, 2.05) is 0 Å². The van der Waals surface area contributed by atoms with E-state index in [1.54, 1.807) is 18.7 Å². The molecule has 2 rings (SSSR count). The first-order valence-electron chi connectivity index (χ1n) is 5.02. The molecule has 88 valence electrons. The molecule has 0 amide bonds. The van der Waals surface area contributed by atoms with Crippen molar-refractivity contribution in [3.05, 3.63) is 41.5 Å². The van der Waals surface area contributed by atoms with Crippen LogP contribution in [0.5, 0.6) is 0 Å². The molecule has 0 atom stereocenters. The molecule has 0 saturated carbocycles. The molecule has 1 aromatic carbocycles. The Bertz CT molecular complexity index is 590. The quantitative estimate of drug-likeness (QED) is 0.866. The van der Waals surface area contributed by atoms with Gasteiger partial charge in [-0.3, -0.25) is 4.68 Å². The summed E-state index contributed by atoms with van der Waals surface area (Å²) in [6.07, 6.45) is 1.54. The lowest BCUT2D eigenvalue weighted by Crippen LogP contribution is -2.01. The van der Waals surface area contributed by atoms with Crippen molar-refractivity contribution in [2.45, 2.75) is 6.92 Å². The van der Waals surface area contributed by atoms with Crippen LogP contribution in [0.1, 0.15) is 16.1 Å². The molecule has 0 fully saturated rings. The summed E-state index contributed by atoms with van der Waals surface area (Å²) in [6, 6.07) is 3.62. The number of nitrogens with zero attached hydrogens (tertiary/aromatic N) is 2. The minimum Gasteiger partial charge on any atom is -0.478 e. The van der Waals surface area contributed by atoms with Gasteiger partial charge in [-0.1, -0.05) is 0 Å². The van der Waals surface area contributed by atoms with Crippen LogP contribution in [-0.4, -0.2) is 20.9 Å². The summed E-state index contributed by atoms with van der Waals surface area (Å²) in [6.45, 7) is 1.80. The summed E-state index contributed by atoms with van der Waals surface area (Å²) in [5.74, 6) is -1.54. The first-order valence-corrected chi connectivity index (χ1v) is 5.02. The zero-order valence-corrected chi connectivity index (χ0v) is 9.44. The molecular weight excluding hydrogens is 223 g/mol. The molecule has 0 unspecified atom stereocenters. The number of rotatable bonds is 2. The largest absolute Gasteiger partial charge is 0.478 e. The zero-order chi connectivity index (χ0) is 12.6. The number of aromatic carboxylic acids is 1. The topological polar surface area (TPSA) is 55.1 Å². The van der Waals surface area contributed by atoms with Crippen molar-refractivity contribution in [3.63, 3.8) is 0 Å². The van der Waals surface area contributed by atoms with Gasteiger partial charge < -0.3 is 5.11 Å². The van der Waals surface area contributed by atoms with Crippen molar-refractivity contribution in [3.8, 4) is 11.1 Å². The van der Waals surface area contributed by atoms with Gasteiger partial charge in [0, 0.05) is 23.9 Å². The van der Waals surface area contributed by atoms with Gasteiger partial charge in [0.05, 0.1) is 11.8 Å². The molecule has 0 spiro atoms. The lowest BCUT2D eigenvalue weighted by Gasteiger charge is -2.05. The van der Waals surface area contributed by atoms with Crippen molar-refractivity contribution in [1.29, 1.82) is 0 Å². The third-order valence-electron chi connectivity index (χ3n) is 2.74. The van der Waals surface area contributed by atoms with Crippen LogP contribution in [-0.2, 0) is 7.05 Å². The van der Waals surface area contributed by atoms with Gasteiger partial charge in [-0.25, -0.2) is 9.18 Å². The van der Waals surface area contributed by atoms with Crippen LogP contribution in [0.25, 0.3) is 11.1 Å². The zero-order valence-electron chi connectivity index (χ0n) is 9.44. The SMILES string of the molecule is Cc1c(-c2cc(F)ccc2C(=O)O)cnn1C. The molecule has 0 saturated heterocycles. The van der Waals surface area contributed by atoms with E-state index in [4.69, 9.17) is 5.11 Å². The molecule has 1 aromatic heterocycles. The van der Waals surface area contributed by atoms with E-state index in [9.17, 15) is 9.18 Å². The van der Waals surface area contributed by atoms with Crippen molar-refractivity contribution >= 4 is 5.97 Å². The average molecular weight is 234 g/mol. The van der Waals surface area contributed by atoms with Gasteiger partial charge in [0.2, 0.25) is 0 Å². The molecule has 0 radical (unpaired) electrons. The molecule has 0 aliphatic heterocycles. The van der Waals surface area contributed by atoms with E-state index < -0.39 is 11.8 Å². The molecule has 5 heteroatoms. The van der Waals surface area contributed by atoms with Crippen LogP contribution in [0.3, 0.4) is 0 Å². The Labute approximate surface area is 97.3 Å². The number of aromatic nitrogens is 2. The highest BCUT2D eigenvalue weighted by Gasteiger charge is 2.16. The Hall–Kier alpha value is -2.17. The summed E-state index contributed by atoms with van der Waals surface area (Å²) in [4.78, 5) is 11.1. The maximum Gasteiger partial charge on any atom is 0.336 e. The second kappa shape index (κ2) is 4.01. The van der Waals surface area contributed by atoms with Crippen molar-refractivity contribution in [1.82, 2.24) is 9.78 Å². The van der Waals surface area contributed by atoms with Crippen LogP contribution in [0.2, 0.25) is 0 Å². The highest BCUT2D eigenvalue weighted by atomic mass is 19.1. The molecule has 2 aromatic rings. The Balaban J connectivity index is 2.69. The maximum absolute atomic E-state index is 13.2. The summed E-state index contributed by atoms with van der Waals surface area (Å²) in [5.41, 5.74) is 1.84. The molecule has 1 heterocycles. The summed E-state index contributed by atoms with van der Waals surface area (Å²) in [5, 5.41) is 13.1. The highest BCUT2D eigenvalue weighted by molar-refractivity contribution is 5.96. The third-order valence-corrected chi connectivity index (χ3v) is 2.74. The monoisotopic (exact) mass is 234 g/mol. The minimum atomic E-state index is -1.08. The number of aryl methyl sites for hydroxylation is 1. The Morgan fingerprint density at radius 3 is 2.65 bits per heavy atom. The Kier molecular flexibility index (Phi) is 2.67. The van der Waals surface area contributed by atoms with Gasteiger partial charge in [-0.15, -0.1) is 0 Å². The van der Waals surface area contributed by atoms with Crippen molar-refractivity contribution < 1.29 is 14.3 Å². The predicted octanol–water partition coefficient (Wildman–Crippen LogP) is 2.23. The normalized spacial score (nSPS) is 10.5. The minimum absolute atomic E-state index is 0.0718. The van der Waals surface area contributed by atoms with Gasteiger partial charge in [0.15, 0.2) is 0 Å². The number of benzene rings is 1. The average Bonchev–Trinajstić information content (AvgIpc) is 2.59. The number of hydrogen-bond donors (Lipinski definition) is 1. The van der Waals surface area contributed by atoms with Crippen LogP contribution in [0.15, 0.2) is 24.4 Å². The second-order valence-corrected chi connectivity index (χ2v) is 3.76. The van der Waals surface area contributed by atoms with Gasteiger partial charge in [0.1, 0.15) is 5.82 Å². The van der Waals surface area contributed by atoms with E-state index in [2.05, 4.69) is 5.10 Å². The maximum atomic E-state index is 13.2. The second-order valence-electron chi connectivity index (χ2n) is 3.76. The van der Waals surface area contributed by atoms with Crippen LogP contribution < -0.4 is 0 Å². The van der Waals surface area contributed by atoms with Crippen LogP contribution in [0, 0.1) is 12.7 Å². The van der Waals surface area contributed by atoms with Crippen molar-refractivity contribution in [2.24, 2.45) is 7.05 Å². The Morgan fingerprint density at radius 2 is 2.12 bits per heavy atom. The van der Waals surface area contributed by atoms with E-state index in [0.29, 0.717) is 11.1 Å². The predicted molar refractivity (Wildman–Crippen MR) is 60.3 cm³/mol. The van der Waals surface area contributed by atoms with E-state index >= 15 is 0 Å². The summed E-state index contributed by atoms with van der Waals surface area (Å²) in [7, 11) is 1.75. The number of hydrogen-bond acceptors (Lipinski definition) is 2. The first kappa shape index (κ1) is 11.3. The summed E-state index contributed by atoms with van der Waals surface area (Å²) < 4.78 is 14.8.